The van der Waals surface area contributed by atoms with Gasteiger partial charge in [0.2, 0.25) is 10.0 Å². The molecule has 0 bridgehead atoms. The monoisotopic (exact) mass is 822 g/mol. The molecule has 3 N–H and O–H groups in total. The molecule has 0 amide bonds. The number of nitrogens with zero attached hydrogens (tertiary/aromatic N) is 2. The molecule has 6 nitrogen and oxygen atoms in total. The topological polar surface area (TPSA) is 78.7 Å². The minimum Gasteiger partial charge on any atom is -0.341 e. The number of nitrogens with two attached hydrogens (primary N) is 1. The van der Waals surface area contributed by atoms with Gasteiger partial charge in [0.25, 0.3) is 0 Å². The molecule has 4 aromatic carbocycles. The number of fused-ring (bicyclic) bond motifs is 4. The molecule has 0 spiro atoms. The number of para-hydroxylation sites is 2. The van der Waals surface area contributed by atoms with Crippen molar-refractivity contribution in [2.75, 3.05) is 36.0 Å². The Labute approximate surface area is 330 Å². The Hall–Kier alpha value is -2.50. The standard InChI is InChI=1S/C21H19Cl3N2O2S2.C17H19ClN2.ClH/c22-16-9-8-15-7-6-14-4-1-2-5-18(14)26(19(15)12-16)11-3-10-25-30(27,28)20-13-17(23)21(24)29-20;18-15-9-8-14-7-6-13-4-1-2-5-16(13)20(11-3-10-19)17(14)12-15;/h1-2,4-5,8-9,12-13,25H,3,6-7,10-11H2;1-2,4-5,8-9,12H,3,6-7,10-11,19H2;1H. The van der Waals surface area contributed by atoms with Crippen LogP contribution in [-0.4, -0.2) is 34.6 Å². The van der Waals surface area contributed by atoms with E-state index in [-0.39, 0.29) is 26.0 Å². The van der Waals surface area contributed by atoms with E-state index in [0.29, 0.717) is 31.1 Å². The minimum absolute atomic E-state index is 0. The summed E-state index contributed by atoms with van der Waals surface area (Å²) in [7, 11) is -3.64. The van der Waals surface area contributed by atoms with Gasteiger partial charge in [-0.05, 0) is 110 Å². The van der Waals surface area contributed by atoms with Gasteiger partial charge in [-0.1, -0.05) is 94.9 Å². The van der Waals surface area contributed by atoms with E-state index < -0.39 is 10.0 Å². The zero-order valence-corrected chi connectivity index (χ0v) is 33.2. The summed E-state index contributed by atoms with van der Waals surface area (Å²) in [4.78, 5) is 4.60. The number of benzene rings is 4. The minimum atomic E-state index is -3.64. The zero-order chi connectivity index (χ0) is 35.3. The molecule has 7 rings (SSSR count). The van der Waals surface area contributed by atoms with Crippen LogP contribution in [0.5, 0.6) is 0 Å². The van der Waals surface area contributed by atoms with Crippen LogP contribution in [0.4, 0.5) is 22.7 Å². The van der Waals surface area contributed by atoms with Crippen LogP contribution in [0.25, 0.3) is 0 Å². The lowest BCUT2D eigenvalue weighted by atomic mass is 10.0. The first-order valence-electron chi connectivity index (χ1n) is 16.6. The first kappa shape index (κ1) is 39.7. The van der Waals surface area contributed by atoms with Crippen molar-refractivity contribution in [1.82, 2.24) is 4.72 Å². The van der Waals surface area contributed by atoms with Crippen molar-refractivity contribution in [2.45, 2.75) is 42.7 Å². The third-order valence-corrected chi connectivity index (χ3v) is 13.2. The van der Waals surface area contributed by atoms with Crippen molar-refractivity contribution < 1.29 is 8.42 Å². The SMILES string of the molecule is Cl.NCCCN1c2ccccc2CCc2ccc(Cl)cc21.O=S(=O)(NCCCN1c2ccccc2CCc2ccc(Cl)cc21)c1cc(Cl)c(Cl)s1. The number of hydrogen-bond acceptors (Lipinski definition) is 6. The quantitative estimate of drug-likeness (QED) is 0.145. The molecule has 0 aliphatic carbocycles. The number of halogens is 5. The van der Waals surface area contributed by atoms with Crippen LogP contribution in [0.2, 0.25) is 19.4 Å². The lowest BCUT2D eigenvalue weighted by Crippen LogP contribution is -2.28. The maximum absolute atomic E-state index is 12.5. The molecule has 0 saturated carbocycles. The van der Waals surface area contributed by atoms with Crippen LogP contribution >= 0.6 is 70.1 Å². The first-order chi connectivity index (χ1) is 24.1. The van der Waals surface area contributed by atoms with Gasteiger partial charge >= 0.3 is 0 Å². The van der Waals surface area contributed by atoms with E-state index in [0.717, 1.165) is 66.4 Å². The van der Waals surface area contributed by atoms with Gasteiger partial charge in [0, 0.05) is 52.4 Å². The van der Waals surface area contributed by atoms with Crippen LogP contribution in [0.1, 0.15) is 35.1 Å². The Balaban J connectivity index is 0.000000209. The molecule has 2 aliphatic heterocycles. The maximum Gasteiger partial charge on any atom is 0.250 e. The molecule has 0 radical (unpaired) electrons. The number of aryl methyl sites for hydroxylation is 4. The summed E-state index contributed by atoms with van der Waals surface area (Å²) in [6.45, 7) is 2.58. The second-order valence-corrected chi connectivity index (χ2v) is 17.1. The van der Waals surface area contributed by atoms with E-state index in [1.54, 1.807) is 0 Å². The van der Waals surface area contributed by atoms with E-state index in [9.17, 15) is 8.42 Å². The molecule has 13 heteroatoms. The highest BCUT2D eigenvalue weighted by molar-refractivity contribution is 7.91. The Kier molecular flexibility index (Phi) is 14.0. The average molecular weight is 825 g/mol. The van der Waals surface area contributed by atoms with Gasteiger partial charge < -0.3 is 15.5 Å². The van der Waals surface area contributed by atoms with Crippen LogP contribution in [0.3, 0.4) is 0 Å². The second-order valence-electron chi connectivity index (χ2n) is 12.2. The number of anilines is 4. The predicted molar refractivity (Wildman–Crippen MR) is 220 cm³/mol. The van der Waals surface area contributed by atoms with E-state index in [4.69, 9.17) is 52.1 Å². The lowest BCUT2D eigenvalue weighted by molar-refractivity contribution is 0.581. The molecular weight excluding hydrogens is 786 g/mol. The highest BCUT2D eigenvalue weighted by Crippen LogP contribution is 2.39. The van der Waals surface area contributed by atoms with Crippen molar-refractivity contribution in [1.29, 1.82) is 0 Å². The second kappa shape index (κ2) is 18.0. The van der Waals surface area contributed by atoms with Crippen molar-refractivity contribution in [3.05, 3.63) is 133 Å². The molecule has 270 valence electrons. The Morgan fingerprint density at radius 1 is 0.647 bits per heavy atom. The fraction of sp³-hybridized carbons (Fsp3) is 0.263. The normalized spacial score (nSPS) is 13.4. The fourth-order valence-electron chi connectivity index (χ4n) is 6.47. The maximum atomic E-state index is 12.5. The van der Waals surface area contributed by atoms with Crippen LogP contribution < -0.4 is 20.3 Å². The summed E-state index contributed by atoms with van der Waals surface area (Å²) in [5.74, 6) is 0. The van der Waals surface area contributed by atoms with Crippen molar-refractivity contribution >= 4 is 103 Å². The third-order valence-electron chi connectivity index (χ3n) is 8.89. The molecule has 1 aromatic heterocycles. The van der Waals surface area contributed by atoms with Crippen LogP contribution in [0, 0.1) is 0 Å². The number of nitrogens with one attached hydrogen (secondary N) is 1. The highest BCUT2D eigenvalue weighted by atomic mass is 35.5. The van der Waals surface area contributed by atoms with Gasteiger partial charge in [0.15, 0.2) is 0 Å². The number of thiophene rings is 1. The molecular formula is C38H39Cl5N4O2S2. The molecule has 0 atom stereocenters. The summed E-state index contributed by atoms with van der Waals surface area (Å²) in [6.07, 6.45) is 5.61. The molecule has 3 heterocycles. The van der Waals surface area contributed by atoms with Crippen molar-refractivity contribution in [2.24, 2.45) is 5.73 Å². The van der Waals surface area contributed by atoms with Gasteiger partial charge in [-0.2, -0.15) is 0 Å². The van der Waals surface area contributed by atoms with Gasteiger partial charge in [-0.15, -0.1) is 23.7 Å². The molecule has 51 heavy (non-hydrogen) atoms. The largest absolute Gasteiger partial charge is 0.341 e. The van der Waals surface area contributed by atoms with Gasteiger partial charge in [0.1, 0.15) is 8.55 Å². The molecule has 0 fully saturated rings. The summed E-state index contributed by atoms with van der Waals surface area (Å²) in [5.41, 5.74) is 15.7. The number of rotatable bonds is 9. The molecule has 0 unspecified atom stereocenters. The molecule has 0 saturated heterocycles. The molecule has 2 aliphatic rings. The zero-order valence-electron chi connectivity index (χ0n) is 27.8. The van der Waals surface area contributed by atoms with Crippen molar-refractivity contribution in [3.8, 4) is 0 Å². The van der Waals surface area contributed by atoms with E-state index in [1.165, 1.54) is 39.7 Å². The molecule has 5 aromatic rings. The Morgan fingerprint density at radius 2 is 1.12 bits per heavy atom. The van der Waals surface area contributed by atoms with E-state index in [1.807, 2.05) is 30.3 Å². The predicted octanol–water partition coefficient (Wildman–Crippen LogP) is 10.7. The summed E-state index contributed by atoms with van der Waals surface area (Å²) < 4.78 is 28.0. The smallest absolute Gasteiger partial charge is 0.250 e. The van der Waals surface area contributed by atoms with Crippen LogP contribution in [-0.2, 0) is 35.7 Å². The third kappa shape index (κ3) is 9.55. The number of sulfonamides is 1. The lowest BCUT2D eigenvalue weighted by Gasteiger charge is -2.27. The summed E-state index contributed by atoms with van der Waals surface area (Å²) in [5, 5.41) is 1.72. The fourth-order valence-corrected chi connectivity index (χ4v) is 9.81. The van der Waals surface area contributed by atoms with Gasteiger partial charge in [-0.25, -0.2) is 13.1 Å². The Morgan fingerprint density at radius 3 is 1.59 bits per heavy atom. The summed E-state index contributed by atoms with van der Waals surface area (Å²) in [6, 6.07) is 30.5. The highest BCUT2D eigenvalue weighted by Gasteiger charge is 2.23. The van der Waals surface area contributed by atoms with Crippen LogP contribution in [0.15, 0.2) is 95.2 Å². The Bertz CT molecular complexity index is 2060. The van der Waals surface area contributed by atoms with E-state index >= 15 is 0 Å². The van der Waals surface area contributed by atoms with E-state index in [2.05, 4.69) is 69.1 Å². The van der Waals surface area contributed by atoms with Gasteiger partial charge in [-0.3, -0.25) is 0 Å². The van der Waals surface area contributed by atoms with Crippen molar-refractivity contribution in [3.63, 3.8) is 0 Å². The number of hydrogen-bond donors (Lipinski definition) is 2. The van der Waals surface area contributed by atoms with Gasteiger partial charge in [0.05, 0.1) is 5.02 Å². The first-order valence-corrected chi connectivity index (χ1v) is 20.4. The average Bonchev–Trinajstić information content (AvgIpc) is 3.29. The summed E-state index contributed by atoms with van der Waals surface area (Å²) >= 11 is 25.2.